The summed E-state index contributed by atoms with van der Waals surface area (Å²) >= 11 is 0. The van der Waals surface area contributed by atoms with Crippen LogP contribution in [0.5, 0.6) is 0 Å². The van der Waals surface area contributed by atoms with Crippen molar-refractivity contribution in [2.75, 3.05) is 13.1 Å². The van der Waals surface area contributed by atoms with E-state index in [0.717, 1.165) is 29.8 Å². The molecule has 0 N–H and O–H groups in total. The largest absolute Gasteiger partial charge is 0.342 e. The first-order valence-electron chi connectivity index (χ1n) is 9.54. The third-order valence-corrected chi connectivity index (χ3v) is 5.52. The molecule has 8 nitrogen and oxygen atoms in total. The summed E-state index contributed by atoms with van der Waals surface area (Å²) in [5.74, 6) is 1.47. The average Bonchev–Trinajstić information content (AvgIpc) is 3.30. The zero-order valence-electron chi connectivity index (χ0n) is 16.4. The molecule has 3 aromatic rings. The highest BCUT2D eigenvalue weighted by atomic mass is 16.5. The number of carbonyl (C=O) groups is 1. The van der Waals surface area contributed by atoms with Gasteiger partial charge in [0.1, 0.15) is 5.69 Å². The van der Waals surface area contributed by atoms with Gasteiger partial charge in [-0.15, -0.1) is 0 Å². The van der Waals surface area contributed by atoms with Crippen molar-refractivity contribution in [2.24, 2.45) is 7.05 Å². The fourth-order valence-corrected chi connectivity index (χ4v) is 3.71. The van der Waals surface area contributed by atoms with Gasteiger partial charge in [0, 0.05) is 43.5 Å². The number of pyridine rings is 1. The van der Waals surface area contributed by atoms with Gasteiger partial charge < -0.3 is 9.42 Å². The second kappa shape index (κ2) is 7.53. The van der Waals surface area contributed by atoms with Crippen LogP contribution in [-0.4, -0.2) is 48.8 Å². The van der Waals surface area contributed by atoms with Crippen molar-refractivity contribution in [2.45, 2.75) is 39.0 Å². The predicted molar refractivity (Wildman–Crippen MR) is 102 cm³/mol. The van der Waals surface area contributed by atoms with E-state index in [1.54, 1.807) is 6.20 Å². The molecule has 0 unspecified atom stereocenters. The molecule has 1 aliphatic heterocycles. The Bertz CT molecular complexity index is 970. The predicted octanol–water partition coefficient (Wildman–Crippen LogP) is 2.43. The van der Waals surface area contributed by atoms with Crippen LogP contribution in [-0.2, 0) is 18.3 Å². The highest BCUT2D eigenvalue weighted by Gasteiger charge is 2.28. The fraction of sp³-hybridized carbons (Fsp3) is 0.450. The minimum Gasteiger partial charge on any atom is -0.342 e. The van der Waals surface area contributed by atoms with E-state index >= 15 is 0 Å². The van der Waals surface area contributed by atoms with Crippen LogP contribution in [0.1, 0.15) is 41.6 Å². The fourth-order valence-electron chi connectivity index (χ4n) is 3.71. The van der Waals surface area contributed by atoms with E-state index in [0.29, 0.717) is 36.9 Å². The van der Waals surface area contributed by atoms with Crippen LogP contribution in [0.3, 0.4) is 0 Å². The number of hydrogen-bond donors (Lipinski definition) is 0. The normalized spacial score (nSPS) is 15.2. The Hall–Kier alpha value is -3.03. The number of aryl methyl sites for hydroxylation is 2. The Morgan fingerprint density at radius 3 is 2.68 bits per heavy atom. The lowest BCUT2D eigenvalue weighted by molar-refractivity contribution is -0.131. The molecule has 4 rings (SSSR count). The molecule has 1 amide bonds. The second-order valence-electron chi connectivity index (χ2n) is 7.28. The van der Waals surface area contributed by atoms with Gasteiger partial charge in [0.2, 0.25) is 17.6 Å². The molecule has 28 heavy (non-hydrogen) atoms. The SMILES string of the molecule is Cc1nn(C)c(C)c1CC(=O)N1CCC(c2nc(-c3ccccn3)no2)CC1. The van der Waals surface area contributed by atoms with Crippen molar-refractivity contribution in [1.29, 1.82) is 0 Å². The van der Waals surface area contributed by atoms with Crippen molar-refractivity contribution < 1.29 is 9.32 Å². The molecule has 0 bridgehead atoms. The third-order valence-electron chi connectivity index (χ3n) is 5.52. The summed E-state index contributed by atoms with van der Waals surface area (Å²) in [6, 6.07) is 5.61. The van der Waals surface area contributed by atoms with E-state index < -0.39 is 0 Å². The summed E-state index contributed by atoms with van der Waals surface area (Å²) in [5, 5.41) is 8.46. The van der Waals surface area contributed by atoms with Crippen molar-refractivity contribution in [3.05, 3.63) is 47.2 Å². The van der Waals surface area contributed by atoms with Crippen molar-refractivity contribution in [3.8, 4) is 11.5 Å². The maximum Gasteiger partial charge on any atom is 0.230 e. The van der Waals surface area contributed by atoms with Gasteiger partial charge in [-0.05, 0) is 38.8 Å². The highest BCUT2D eigenvalue weighted by Crippen LogP contribution is 2.28. The molecule has 146 valence electrons. The lowest BCUT2D eigenvalue weighted by Crippen LogP contribution is -2.39. The molecule has 0 atom stereocenters. The number of carbonyl (C=O) groups excluding carboxylic acids is 1. The number of aromatic nitrogens is 5. The molecule has 8 heteroatoms. The van der Waals surface area contributed by atoms with Crippen molar-refractivity contribution >= 4 is 5.91 Å². The molecular formula is C20H24N6O2. The summed E-state index contributed by atoms with van der Waals surface area (Å²) < 4.78 is 7.30. The van der Waals surface area contributed by atoms with Crippen LogP contribution in [0.2, 0.25) is 0 Å². The Labute approximate surface area is 163 Å². The third kappa shape index (κ3) is 3.54. The topological polar surface area (TPSA) is 89.9 Å². The van der Waals surface area contributed by atoms with Gasteiger partial charge in [0.25, 0.3) is 0 Å². The highest BCUT2D eigenvalue weighted by molar-refractivity contribution is 5.79. The van der Waals surface area contributed by atoms with E-state index in [1.165, 1.54) is 0 Å². The summed E-state index contributed by atoms with van der Waals surface area (Å²) in [6.07, 6.45) is 3.75. The van der Waals surface area contributed by atoms with Gasteiger partial charge >= 0.3 is 0 Å². The first-order chi connectivity index (χ1) is 13.5. The van der Waals surface area contributed by atoms with Crippen LogP contribution in [0.25, 0.3) is 11.5 Å². The molecule has 0 radical (unpaired) electrons. The van der Waals surface area contributed by atoms with Crippen molar-refractivity contribution in [1.82, 2.24) is 29.8 Å². The van der Waals surface area contributed by atoms with Crippen LogP contribution >= 0.6 is 0 Å². The van der Waals surface area contributed by atoms with Gasteiger partial charge in [-0.1, -0.05) is 11.2 Å². The number of rotatable bonds is 4. The minimum atomic E-state index is 0.150. The quantitative estimate of drug-likeness (QED) is 0.690. The maximum atomic E-state index is 12.7. The smallest absolute Gasteiger partial charge is 0.230 e. The minimum absolute atomic E-state index is 0.150. The van der Waals surface area contributed by atoms with E-state index in [1.807, 2.05) is 48.7 Å². The van der Waals surface area contributed by atoms with Gasteiger partial charge in [-0.2, -0.15) is 10.1 Å². The van der Waals surface area contributed by atoms with E-state index in [2.05, 4.69) is 20.2 Å². The molecule has 1 fully saturated rings. The van der Waals surface area contributed by atoms with Gasteiger partial charge in [-0.25, -0.2) is 0 Å². The van der Waals surface area contributed by atoms with E-state index in [9.17, 15) is 4.79 Å². The molecule has 0 aliphatic carbocycles. The summed E-state index contributed by atoms with van der Waals surface area (Å²) in [7, 11) is 1.91. The maximum absolute atomic E-state index is 12.7. The number of nitrogens with zero attached hydrogens (tertiary/aromatic N) is 6. The Kier molecular flexibility index (Phi) is 4.93. The lowest BCUT2D eigenvalue weighted by atomic mass is 9.96. The first-order valence-corrected chi connectivity index (χ1v) is 9.54. The zero-order valence-corrected chi connectivity index (χ0v) is 16.4. The summed E-state index contributed by atoms with van der Waals surface area (Å²) in [6.45, 7) is 5.35. The van der Waals surface area contributed by atoms with Crippen LogP contribution < -0.4 is 0 Å². The van der Waals surface area contributed by atoms with Gasteiger partial charge in [0.05, 0.1) is 12.1 Å². The molecule has 1 aliphatic rings. The molecule has 4 heterocycles. The molecule has 0 saturated carbocycles. The average molecular weight is 380 g/mol. The number of likely N-dealkylation sites (tertiary alicyclic amines) is 1. The first kappa shape index (κ1) is 18.3. The molecule has 0 aromatic carbocycles. The Morgan fingerprint density at radius 1 is 1.25 bits per heavy atom. The van der Waals surface area contributed by atoms with Gasteiger partial charge in [0.15, 0.2) is 0 Å². The van der Waals surface area contributed by atoms with Gasteiger partial charge in [-0.3, -0.25) is 14.5 Å². The van der Waals surface area contributed by atoms with Crippen molar-refractivity contribution in [3.63, 3.8) is 0 Å². The molecule has 0 spiro atoms. The zero-order chi connectivity index (χ0) is 19.7. The Balaban J connectivity index is 1.37. The Morgan fingerprint density at radius 2 is 2.04 bits per heavy atom. The molecule has 1 saturated heterocycles. The second-order valence-corrected chi connectivity index (χ2v) is 7.28. The number of hydrogen-bond acceptors (Lipinski definition) is 6. The van der Waals surface area contributed by atoms with E-state index in [-0.39, 0.29) is 11.8 Å². The lowest BCUT2D eigenvalue weighted by Gasteiger charge is -2.30. The summed E-state index contributed by atoms with van der Waals surface area (Å²) in [5.41, 5.74) is 3.71. The standard InChI is InChI=1S/C20H24N6O2/c1-13-16(14(2)25(3)23-13)12-18(27)26-10-7-15(8-11-26)20-22-19(24-28-20)17-6-4-5-9-21-17/h4-6,9,15H,7-8,10-12H2,1-3H3. The van der Waals surface area contributed by atoms with Crippen LogP contribution in [0.15, 0.2) is 28.9 Å². The number of piperidine rings is 1. The molecular weight excluding hydrogens is 356 g/mol. The van der Waals surface area contributed by atoms with E-state index in [4.69, 9.17) is 4.52 Å². The van der Waals surface area contributed by atoms with Crippen LogP contribution in [0, 0.1) is 13.8 Å². The monoisotopic (exact) mass is 380 g/mol. The van der Waals surface area contributed by atoms with Crippen LogP contribution in [0.4, 0.5) is 0 Å². The molecule has 3 aromatic heterocycles. The number of amides is 1. The summed E-state index contributed by atoms with van der Waals surface area (Å²) in [4.78, 5) is 23.4.